The number of benzene rings is 5. The van der Waals surface area contributed by atoms with Gasteiger partial charge in [-0.3, -0.25) is 4.57 Å². The summed E-state index contributed by atoms with van der Waals surface area (Å²) in [4.78, 5) is 9.48. The number of allylic oxidation sites excluding steroid dienone is 2. The second-order valence-electron chi connectivity index (χ2n) is 11.9. The maximum Gasteiger partial charge on any atom is 0.137 e. The fraction of sp³-hybridized carbons (Fsp3) is 0.0976. The Hall–Kier alpha value is -5.81. The van der Waals surface area contributed by atoms with Crippen LogP contribution in [0.15, 0.2) is 151 Å². The Balaban J connectivity index is 1.10. The number of para-hydroxylation sites is 1. The van der Waals surface area contributed by atoms with Gasteiger partial charge in [0.05, 0.1) is 17.7 Å². The predicted molar refractivity (Wildman–Crippen MR) is 190 cm³/mol. The fourth-order valence-electron chi connectivity index (χ4n) is 6.48. The molecule has 0 bridgehead atoms. The van der Waals surface area contributed by atoms with E-state index in [2.05, 4.69) is 163 Å². The average molecular weight is 599 g/mol. The molecule has 0 aliphatic carbocycles. The lowest BCUT2D eigenvalue weighted by Crippen LogP contribution is -2.27. The van der Waals surface area contributed by atoms with Gasteiger partial charge in [-0.2, -0.15) is 0 Å². The van der Waals surface area contributed by atoms with Crippen molar-refractivity contribution < 1.29 is 4.74 Å². The lowest BCUT2D eigenvalue weighted by Gasteiger charge is -2.24. The van der Waals surface area contributed by atoms with Gasteiger partial charge in [-0.05, 0) is 86.0 Å². The second kappa shape index (κ2) is 11.3. The first-order valence-electron chi connectivity index (χ1n) is 15.7. The number of pyridine rings is 1. The molecule has 1 aliphatic heterocycles. The van der Waals surface area contributed by atoms with E-state index in [4.69, 9.17) is 9.72 Å². The summed E-state index contributed by atoms with van der Waals surface area (Å²) in [5.74, 6) is 2.47. The minimum absolute atomic E-state index is 0.731. The largest absolute Gasteiger partial charge is 0.457 e. The van der Waals surface area contributed by atoms with Crippen molar-refractivity contribution >= 4 is 33.2 Å². The number of ether oxygens (including phenoxy) is 1. The van der Waals surface area contributed by atoms with Gasteiger partial charge in [0, 0.05) is 51.9 Å². The first-order valence-corrected chi connectivity index (χ1v) is 15.7. The van der Waals surface area contributed by atoms with E-state index >= 15 is 0 Å². The van der Waals surface area contributed by atoms with E-state index in [0.717, 1.165) is 46.3 Å². The van der Waals surface area contributed by atoms with Crippen LogP contribution in [-0.2, 0) is 0 Å². The molecule has 5 heteroatoms. The fourth-order valence-corrected chi connectivity index (χ4v) is 6.48. The summed E-state index contributed by atoms with van der Waals surface area (Å²) >= 11 is 0. The minimum atomic E-state index is 0.731. The number of anilines is 2. The maximum absolute atomic E-state index is 6.54. The minimum Gasteiger partial charge on any atom is -0.457 e. The van der Waals surface area contributed by atoms with Gasteiger partial charge < -0.3 is 14.5 Å². The Morgan fingerprint density at radius 2 is 1.22 bits per heavy atom. The second-order valence-corrected chi connectivity index (χ2v) is 11.9. The smallest absolute Gasteiger partial charge is 0.137 e. The molecule has 5 nitrogen and oxygen atoms in total. The van der Waals surface area contributed by atoms with E-state index in [1.54, 1.807) is 0 Å². The number of hydrogen-bond acceptors (Lipinski definition) is 4. The zero-order valence-electron chi connectivity index (χ0n) is 26.2. The molecule has 224 valence electrons. The van der Waals surface area contributed by atoms with Crippen molar-refractivity contribution in [1.29, 1.82) is 0 Å². The normalized spacial score (nSPS) is 13.3. The highest BCUT2D eigenvalue weighted by Crippen LogP contribution is 2.38. The van der Waals surface area contributed by atoms with Crippen LogP contribution in [-0.4, -0.2) is 16.2 Å². The summed E-state index contributed by atoms with van der Waals surface area (Å²) in [6.07, 6.45) is 1.92. The Morgan fingerprint density at radius 3 is 2.00 bits per heavy atom. The average Bonchev–Trinajstić information content (AvgIpc) is 3.59. The van der Waals surface area contributed by atoms with Gasteiger partial charge in [0.25, 0.3) is 0 Å². The van der Waals surface area contributed by atoms with E-state index in [0.29, 0.717) is 0 Å². The lowest BCUT2D eigenvalue weighted by molar-refractivity contribution is 0.483. The summed E-state index contributed by atoms with van der Waals surface area (Å²) < 4.78 is 8.76. The number of rotatable bonds is 6. The monoisotopic (exact) mass is 598 g/mol. The predicted octanol–water partition coefficient (Wildman–Crippen LogP) is 10.5. The molecule has 0 saturated heterocycles. The first kappa shape index (κ1) is 27.7. The van der Waals surface area contributed by atoms with Gasteiger partial charge >= 0.3 is 0 Å². The third kappa shape index (κ3) is 4.87. The highest BCUT2D eigenvalue weighted by Gasteiger charge is 2.26. The Labute approximate surface area is 269 Å². The van der Waals surface area contributed by atoms with Crippen LogP contribution in [0, 0.1) is 6.92 Å². The Kier molecular flexibility index (Phi) is 6.80. The van der Waals surface area contributed by atoms with E-state index in [9.17, 15) is 0 Å². The summed E-state index contributed by atoms with van der Waals surface area (Å²) in [6.45, 7) is 7.18. The summed E-state index contributed by atoms with van der Waals surface area (Å²) in [6, 6.07) is 46.7. The van der Waals surface area contributed by atoms with Crippen LogP contribution in [0.25, 0.3) is 38.8 Å². The number of aryl methyl sites for hydroxylation is 1. The van der Waals surface area contributed by atoms with Crippen molar-refractivity contribution in [3.8, 4) is 28.4 Å². The summed E-state index contributed by atoms with van der Waals surface area (Å²) in [5.41, 5.74) is 10.5. The molecular formula is C41H34N4O. The Bertz CT molecular complexity index is 2250. The molecule has 5 aromatic carbocycles. The van der Waals surface area contributed by atoms with Crippen molar-refractivity contribution in [3.63, 3.8) is 0 Å². The Morgan fingerprint density at radius 1 is 0.543 bits per heavy atom. The maximum atomic E-state index is 6.54. The number of fused-ring (bicyclic) bond motifs is 3. The molecule has 1 aliphatic rings. The molecule has 3 heterocycles. The van der Waals surface area contributed by atoms with Crippen molar-refractivity contribution in [1.82, 2.24) is 9.55 Å². The molecule has 0 radical (unpaired) electrons. The third-order valence-corrected chi connectivity index (χ3v) is 9.02. The van der Waals surface area contributed by atoms with E-state index in [1.165, 1.54) is 39.0 Å². The van der Waals surface area contributed by atoms with Crippen LogP contribution in [0.1, 0.15) is 19.4 Å². The molecule has 7 aromatic rings. The van der Waals surface area contributed by atoms with Crippen LogP contribution in [0.3, 0.4) is 0 Å². The van der Waals surface area contributed by atoms with Crippen molar-refractivity contribution in [2.24, 2.45) is 0 Å². The molecule has 0 spiro atoms. The SMILES string of the molecule is CC1=C(C)N(c2cccc(-c3ccccc3)c2)CN1c1cccc(Oc2ccc3c4ccccc4n(-c4ccc(C)cn4)c3c2)c1. The highest BCUT2D eigenvalue weighted by atomic mass is 16.5. The third-order valence-electron chi connectivity index (χ3n) is 9.02. The summed E-state index contributed by atoms with van der Waals surface area (Å²) in [5, 5.41) is 2.36. The molecule has 46 heavy (non-hydrogen) atoms. The standard InChI is InChI=1S/C41H34N4O/c1-28-19-22-41(42-26-28)45-39-18-8-7-17-37(39)38-21-20-36(25-40(38)45)46-35-16-10-15-34(24-35)44-27-43(29(2)30(44)3)33-14-9-13-32(23-33)31-11-5-4-6-12-31/h4-26H,27H2,1-3H3. The van der Waals surface area contributed by atoms with E-state index < -0.39 is 0 Å². The van der Waals surface area contributed by atoms with Gasteiger partial charge in [-0.25, -0.2) is 4.98 Å². The van der Waals surface area contributed by atoms with Crippen LogP contribution in [0.5, 0.6) is 11.5 Å². The van der Waals surface area contributed by atoms with Crippen LogP contribution >= 0.6 is 0 Å². The van der Waals surface area contributed by atoms with E-state index in [-0.39, 0.29) is 0 Å². The molecule has 0 N–H and O–H groups in total. The topological polar surface area (TPSA) is 33.5 Å². The van der Waals surface area contributed by atoms with Crippen molar-refractivity contribution in [3.05, 3.63) is 157 Å². The van der Waals surface area contributed by atoms with Crippen LogP contribution < -0.4 is 14.5 Å². The number of nitrogens with zero attached hydrogens (tertiary/aromatic N) is 4. The number of aromatic nitrogens is 2. The molecule has 0 fully saturated rings. The van der Waals surface area contributed by atoms with E-state index in [1.807, 2.05) is 12.3 Å². The molecule has 2 aromatic heterocycles. The molecule has 0 amide bonds. The van der Waals surface area contributed by atoms with Crippen LogP contribution in [0.4, 0.5) is 11.4 Å². The molecule has 8 rings (SSSR count). The van der Waals surface area contributed by atoms with Gasteiger partial charge in [0.2, 0.25) is 0 Å². The first-order chi connectivity index (χ1) is 22.5. The van der Waals surface area contributed by atoms with Crippen LogP contribution in [0.2, 0.25) is 0 Å². The summed E-state index contributed by atoms with van der Waals surface area (Å²) in [7, 11) is 0. The van der Waals surface area contributed by atoms with Gasteiger partial charge in [0.15, 0.2) is 0 Å². The molecule has 0 saturated carbocycles. The highest BCUT2D eigenvalue weighted by molar-refractivity contribution is 6.09. The van der Waals surface area contributed by atoms with Crippen molar-refractivity contribution in [2.75, 3.05) is 16.5 Å². The zero-order valence-corrected chi connectivity index (χ0v) is 26.2. The lowest BCUT2D eigenvalue weighted by atomic mass is 10.0. The van der Waals surface area contributed by atoms with Gasteiger partial charge in [0.1, 0.15) is 17.3 Å². The molecule has 0 atom stereocenters. The quantitative estimate of drug-likeness (QED) is 0.191. The van der Waals surface area contributed by atoms with Gasteiger partial charge in [-0.1, -0.05) is 72.8 Å². The number of hydrogen-bond donors (Lipinski definition) is 0. The van der Waals surface area contributed by atoms with Gasteiger partial charge in [-0.15, -0.1) is 0 Å². The molecule has 0 unspecified atom stereocenters. The molecular weight excluding hydrogens is 564 g/mol. The zero-order chi connectivity index (χ0) is 31.2. The van der Waals surface area contributed by atoms with Crippen molar-refractivity contribution in [2.45, 2.75) is 20.8 Å².